The number of carbonyl (C=O) groups is 1. The number of nitriles is 1. The lowest BCUT2D eigenvalue weighted by Crippen LogP contribution is -2.30. The average molecular weight is 421 g/mol. The number of phenolic OH excluding ortho intramolecular Hbond substituents is 2. The molecule has 1 heterocycles. The number of rotatable bonds is 5. The number of pyridine rings is 1. The highest BCUT2D eigenvalue weighted by Crippen LogP contribution is 2.29. The smallest absolute Gasteiger partial charge is 0.262 e. The lowest BCUT2D eigenvalue weighted by Gasteiger charge is -2.24. The first-order valence-corrected chi connectivity index (χ1v) is 9.88. The van der Waals surface area contributed by atoms with Gasteiger partial charge in [-0.3, -0.25) is 9.78 Å². The quantitative estimate of drug-likeness (QED) is 0.479. The minimum atomic E-state index is -0.411. The molecule has 32 heavy (non-hydrogen) atoms. The molecule has 0 saturated carbocycles. The van der Waals surface area contributed by atoms with Crippen LogP contribution in [0, 0.1) is 11.3 Å². The molecule has 4 aromatic rings. The van der Waals surface area contributed by atoms with Crippen LogP contribution in [0.2, 0.25) is 0 Å². The topological polar surface area (TPSA) is 97.5 Å². The lowest BCUT2D eigenvalue weighted by molar-refractivity contribution is 0.0982. The molecule has 2 N–H and O–H groups in total. The average Bonchev–Trinajstić information content (AvgIpc) is 2.83. The summed E-state index contributed by atoms with van der Waals surface area (Å²) in [4.78, 5) is 19.0. The Kier molecular flexibility index (Phi) is 5.82. The van der Waals surface area contributed by atoms with Crippen molar-refractivity contribution < 1.29 is 15.0 Å². The van der Waals surface area contributed by atoms with E-state index in [9.17, 15) is 15.0 Å². The third-order valence-corrected chi connectivity index (χ3v) is 5.02. The number of amides is 1. The van der Waals surface area contributed by atoms with Crippen LogP contribution in [0.1, 0.15) is 21.5 Å². The zero-order valence-electron chi connectivity index (χ0n) is 17.0. The van der Waals surface area contributed by atoms with Crippen molar-refractivity contribution in [3.8, 4) is 28.7 Å². The molecule has 1 aromatic heterocycles. The second-order valence-corrected chi connectivity index (χ2v) is 7.19. The number of anilines is 1. The molecule has 0 aliphatic rings. The summed E-state index contributed by atoms with van der Waals surface area (Å²) in [7, 11) is 0. The van der Waals surface area contributed by atoms with Gasteiger partial charge < -0.3 is 15.1 Å². The minimum absolute atomic E-state index is 0.0810. The third-order valence-electron chi connectivity index (χ3n) is 5.02. The van der Waals surface area contributed by atoms with Crippen LogP contribution in [0.25, 0.3) is 11.1 Å². The minimum Gasteiger partial charge on any atom is -0.508 e. The Hall–Kier alpha value is -4.63. The summed E-state index contributed by atoms with van der Waals surface area (Å²) in [6.45, 7) is 0.246. The van der Waals surface area contributed by atoms with Crippen molar-refractivity contribution in [2.75, 3.05) is 4.90 Å². The van der Waals surface area contributed by atoms with E-state index in [1.54, 1.807) is 29.4 Å². The Bertz CT molecular complexity index is 1300. The molecule has 1 amide bonds. The zero-order chi connectivity index (χ0) is 22.5. The van der Waals surface area contributed by atoms with E-state index in [0.717, 1.165) is 22.8 Å². The molecule has 0 spiro atoms. The monoisotopic (exact) mass is 421 g/mol. The first-order chi connectivity index (χ1) is 15.5. The summed E-state index contributed by atoms with van der Waals surface area (Å²) < 4.78 is 0. The molecule has 0 aliphatic heterocycles. The fraction of sp³-hybridized carbons (Fsp3) is 0.0385. The summed E-state index contributed by atoms with van der Waals surface area (Å²) in [6.07, 6.45) is 3.34. The summed E-state index contributed by atoms with van der Waals surface area (Å²) in [5.74, 6) is -0.830. The molecule has 156 valence electrons. The van der Waals surface area contributed by atoms with Crippen LogP contribution >= 0.6 is 0 Å². The van der Waals surface area contributed by atoms with E-state index in [0.29, 0.717) is 11.3 Å². The predicted octanol–water partition coefficient (Wildman–Crippen LogP) is 4.88. The maximum absolute atomic E-state index is 13.3. The molecule has 0 atom stereocenters. The van der Waals surface area contributed by atoms with Crippen LogP contribution in [0.15, 0.2) is 91.3 Å². The van der Waals surface area contributed by atoms with Gasteiger partial charge in [0.05, 0.1) is 23.7 Å². The van der Waals surface area contributed by atoms with E-state index in [2.05, 4.69) is 11.1 Å². The van der Waals surface area contributed by atoms with Crippen molar-refractivity contribution in [3.05, 3.63) is 108 Å². The van der Waals surface area contributed by atoms with Crippen molar-refractivity contribution in [1.29, 1.82) is 5.26 Å². The van der Waals surface area contributed by atoms with Gasteiger partial charge in [0.1, 0.15) is 11.5 Å². The molecular formula is C26H19N3O3. The van der Waals surface area contributed by atoms with E-state index in [1.165, 1.54) is 12.1 Å². The van der Waals surface area contributed by atoms with Gasteiger partial charge in [0.15, 0.2) is 0 Å². The van der Waals surface area contributed by atoms with Gasteiger partial charge in [-0.1, -0.05) is 30.3 Å². The molecule has 0 fully saturated rings. The largest absolute Gasteiger partial charge is 0.508 e. The Labute approximate surface area is 185 Å². The van der Waals surface area contributed by atoms with Crippen LogP contribution in [0.3, 0.4) is 0 Å². The number of nitrogens with zero attached hydrogens (tertiary/aromatic N) is 3. The summed E-state index contributed by atoms with van der Waals surface area (Å²) >= 11 is 0. The van der Waals surface area contributed by atoms with Crippen LogP contribution in [-0.2, 0) is 6.54 Å². The van der Waals surface area contributed by atoms with Gasteiger partial charge >= 0.3 is 0 Å². The fourth-order valence-corrected chi connectivity index (χ4v) is 3.40. The molecule has 0 unspecified atom stereocenters. The van der Waals surface area contributed by atoms with Gasteiger partial charge in [0.2, 0.25) is 0 Å². The van der Waals surface area contributed by atoms with Crippen LogP contribution < -0.4 is 4.90 Å². The first-order valence-electron chi connectivity index (χ1n) is 9.88. The third kappa shape index (κ3) is 4.42. The molecular weight excluding hydrogens is 402 g/mol. The molecule has 3 aromatic carbocycles. The number of hydrogen-bond acceptors (Lipinski definition) is 5. The molecule has 6 nitrogen and oxygen atoms in total. The Morgan fingerprint density at radius 2 is 1.75 bits per heavy atom. The van der Waals surface area contributed by atoms with Gasteiger partial charge in [-0.15, -0.1) is 0 Å². The zero-order valence-corrected chi connectivity index (χ0v) is 17.0. The lowest BCUT2D eigenvalue weighted by atomic mass is 10.0. The van der Waals surface area contributed by atoms with Crippen molar-refractivity contribution in [3.63, 3.8) is 0 Å². The normalized spacial score (nSPS) is 10.3. The highest BCUT2D eigenvalue weighted by molar-refractivity contribution is 6.08. The van der Waals surface area contributed by atoms with Crippen LogP contribution in [-0.4, -0.2) is 21.1 Å². The number of aromatic nitrogens is 1. The highest BCUT2D eigenvalue weighted by atomic mass is 16.3. The van der Waals surface area contributed by atoms with Gasteiger partial charge in [0, 0.05) is 24.1 Å². The number of aromatic hydroxyl groups is 2. The Morgan fingerprint density at radius 3 is 2.44 bits per heavy atom. The standard InChI is InChI=1S/C26H19N3O3/c27-15-18-3-1-5-21(13-18)20-6-8-22(9-7-20)29(17-19-4-2-12-28-16-19)26(32)24-11-10-23(30)14-25(24)31/h1-14,16,30-31H,17H2. The van der Waals surface area contributed by atoms with E-state index >= 15 is 0 Å². The number of phenols is 2. The van der Waals surface area contributed by atoms with Gasteiger partial charge in [-0.2, -0.15) is 5.26 Å². The van der Waals surface area contributed by atoms with Crippen LogP contribution in [0.4, 0.5) is 5.69 Å². The maximum Gasteiger partial charge on any atom is 0.262 e. The second kappa shape index (κ2) is 9.02. The fourth-order valence-electron chi connectivity index (χ4n) is 3.40. The predicted molar refractivity (Wildman–Crippen MR) is 121 cm³/mol. The Morgan fingerprint density at radius 1 is 0.938 bits per heavy atom. The van der Waals surface area contributed by atoms with Crippen molar-refractivity contribution >= 4 is 11.6 Å². The molecule has 0 aliphatic carbocycles. The van der Waals surface area contributed by atoms with Gasteiger partial charge in [-0.25, -0.2) is 0 Å². The maximum atomic E-state index is 13.3. The summed E-state index contributed by atoms with van der Waals surface area (Å²) in [5, 5.41) is 28.9. The first kappa shape index (κ1) is 20.6. The van der Waals surface area contributed by atoms with Crippen molar-refractivity contribution in [1.82, 2.24) is 4.98 Å². The summed E-state index contributed by atoms with van der Waals surface area (Å²) in [6, 6.07) is 24.4. The van der Waals surface area contributed by atoms with E-state index in [4.69, 9.17) is 5.26 Å². The summed E-state index contributed by atoms with van der Waals surface area (Å²) in [5.41, 5.74) is 3.92. The van der Waals surface area contributed by atoms with E-state index in [-0.39, 0.29) is 23.6 Å². The number of hydrogen-bond donors (Lipinski definition) is 2. The van der Waals surface area contributed by atoms with Crippen molar-refractivity contribution in [2.45, 2.75) is 6.54 Å². The Balaban J connectivity index is 1.71. The molecule has 0 bridgehead atoms. The molecule has 6 heteroatoms. The molecule has 0 radical (unpaired) electrons. The highest BCUT2D eigenvalue weighted by Gasteiger charge is 2.21. The van der Waals surface area contributed by atoms with E-state index < -0.39 is 5.91 Å². The number of carbonyl (C=O) groups excluding carboxylic acids is 1. The molecule has 4 rings (SSSR count). The SMILES string of the molecule is N#Cc1cccc(-c2ccc(N(Cc3cccnc3)C(=O)c3ccc(O)cc3O)cc2)c1. The molecule has 0 saturated heterocycles. The second-order valence-electron chi connectivity index (χ2n) is 7.19. The van der Waals surface area contributed by atoms with E-state index in [1.807, 2.05) is 48.5 Å². The number of benzene rings is 3. The van der Waals surface area contributed by atoms with Crippen molar-refractivity contribution in [2.24, 2.45) is 0 Å². The van der Waals surface area contributed by atoms with Gasteiger partial charge in [-0.05, 0) is 59.2 Å². The van der Waals surface area contributed by atoms with Gasteiger partial charge in [0.25, 0.3) is 5.91 Å². The van der Waals surface area contributed by atoms with Crippen LogP contribution in [0.5, 0.6) is 11.5 Å².